The van der Waals surface area contributed by atoms with Gasteiger partial charge in [-0.05, 0) is 94.6 Å². The highest BCUT2D eigenvalue weighted by Gasteiger charge is 2.25. The number of allylic oxidation sites excluding steroid dienone is 10. The zero-order valence-corrected chi connectivity index (χ0v) is 24.8. The molecule has 0 saturated carbocycles. The summed E-state index contributed by atoms with van der Waals surface area (Å²) in [6.45, 7) is 4.31. The van der Waals surface area contributed by atoms with Crippen LogP contribution in [0.4, 0.5) is 0 Å². The smallest absolute Gasteiger partial charge is 0.152 e. The van der Waals surface area contributed by atoms with Crippen molar-refractivity contribution < 1.29 is 0 Å². The summed E-state index contributed by atoms with van der Waals surface area (Å²) in [6.07, 6.45) is 21.4. The Bertz CT molecular complexity index is 1830. The average molecular weight is 557 g/mol. The molecule has 0 bridgehead atoms. The van der Waals surface area contributed by atoms with Crippen LogP contribution in [0.5, 0.6) is 0 Å². The Morgan fingerprint density at radius 3 is 2.05 bits per heavy atom. The van der Waals surface area contributed by atoms with Crippen molar-refractivity contribution in [2.75, 3.05) is 0 Å². The molecule has 0 saturated heterocycles. The van der Waals surface area contributed by atoms with E-state index < -0.39 is 0 Å². The molecule has 2 nitrogen and oxygen atoms in total. The van der Waals surface area contributed by atoms with E-state index in [0.29, 0.717) is 0 Å². The molecule has 2 aliphatic carbocycles. The van der Waals surface area contributed by atoms with Crippen molar-refractivity contribution in [3.63, 3.8) is 0 Å². The third-order valence-corrected chi connectivity index (χ3v) is 8.28. The van der Waals surface area contributed by atoms with E-state index in [-0.39, 0.29) is 11.3 Å². The van der Waals surface area contributed by atoms with Crippen molar-refractivity contribution in [2.24, 2.45) is 4.99 Å². The Kier molecular flexibility index (Phi) is 8.11. The lowest BCUT2D eigenvalue weighted by Crippen LogP contribution is -2.20. The summed E-state index contributed by atoms with van der Waals surface area (Å²) in [5.41, 5.74) is 10.5. The molecule has 0 aliphatic heterocycles. The van der Waals surface area contributed by atoms with Gasteiger partial charge in [0.05, 0.1) is 0 Å². The number of nitrogens with zero attached hydrogens (tertiary/aromatic N) is 1. The average Bonchev–Trinajstić information content (AvgIpc) is 3.35. The first-order chi connectivity index (χ1) is 21.0. The monoisotopic (exact) mass is 556 g/mol. The topological polar surface area (TPSA) is 36.2 Å². The minimum atomic E-state index is -0.102. The maximum absolute atomic E-state index is 9.17. The third kappa shape index (κ3) is 6.39. The Labute approximate surface area is 255 Å². The minimum absolute atomic E-state index is 0.102. The van der Waals surface area contributed by atoms with Gasteiger partial charge in [0.25, 0.3) is 0 Å². The Morgan fingerprint density at radius 2 is 1.35 bits per heavy atom. The summed E-state index contributed by atoms with van der Waals surface area (Å²) in [5, 5.41) is 9.17. The van der Waals surface area contributed by atoms with Gasteiger partial charge in [-0.25, -0.2) is 4.99 Å². The van der Waals surface area contributed by atoms with Gasteiger partial charge in [-0.3, -0.25) is 5.41 Å². The predicted octanol–water partition coefficient (Wildman–Crippen LogP) is 10.5. The summed E-state index contributed by atoms with van der Waals surface area (Å²) >= 11 is 0. The number of nitrogens with one attached hydrogen (secondary N) is 1. The molecule has 43 heavy (non-hydrogen) atoms. The number of amidine groups is 1. The van der Waals surface area contributed by atoms with Crippen molar-refractivity contribution in [2.45, 2.75) is 32.1 Å². The van der Waals surface area contributed by atoms with Crippen molar-refractivity contribution in [3.8, 4) is 22.3 Å². The van der Waals surface area contributed by atoms with E-state index in [2.05, 4.69) is 147 Å². The van der Waals surface area contributed by atoms with Crippen LogP contribution in [-0.2, 0) is 5.41 Å². The molecule has 4 aromatic carbocycles. The predicted molar refractivity (Wildman–Crippen MR) is 184 cm³/mol. The van der Waals surface area contributed by atoms with Gasteiger partial charge in [0.15, 0.2) is 5.84 Å². The van der Waals surface area contributed by atoms with Crippen LogP contribution in [0.1, 0.15) is 48.9 Å². The van der Waals surface area contributed by atoms with Crippen LogP contribution in [0.2, 0.25) is 0 Å². The van der Waals surface area contributed by atoms with E-state index in [4.69, 9.17) is 10.4 Å². The number of hydrogen-bond donors (Lipinski definition) is 1. The van der Waals surface area contributed by atoms with E-state index >= 15 is 0 Å². The Hall–Kier alpha value is -5.08. The van der Waals surface area contributed by atoms with Crippen LogP contribution in [0.3, 0.4) is 0 Å². The summed E-state index contributed by atoms with van der Waals surface area (Å²) in [5.74, 6) is 0.253. The molecule has 4 aromatic rings. The fourth-order valence-electron chi connectivity index (χ4n) is 5.70. The molecule has 0 radical (unpaired) electrons. The van der Waals surface area contributed by atoms with Gasteiger partial charge >= 0.3 is 0 Å². The second-order valence-electron chi connectivity index (χ2n) is 11.5. The first-order valence-electron chi connectivity index (χ1n) is 14.9. The SMILES string of the molecule is CC(=NC(=N)c1cc(C2=CC=CCC=C2)cc(-c2ccccc2)c1)c1cc(-c2ccccc2)cc(C2(C)C=CC=CC2)c1. The number of hydrogen-bond acceptors (Lipinski definition) is 1. The molecule has 0 fully saturated rings. The van der Waals surface area contributed by atoms with Crippen LogP contribution in [0.15, 0.2) is 157 Å². The van der Waals surface area contributed by atoms with Gasteiger partial charge in [-0.2, -0.15) is 0 Å². The van der Waals surface area contributed by atoms with Crippen LogP contribution in [0, 0.1) is 5.41 Å². The van der Waals surface area contributed by atoms with Crippen LogP contribution < -0.4 is 0 Å². The van der Waals surface area contributed by atoms with Crippen LogP contribution >= 0.6 is 0 Å². The number of rotatable bonds is 6. The lowest BCUT2D eigenvalue weighted by Gasteiger charge is -2.28. The maximum Gasteiger partial charge on any atom is 0.152 e. The molecule has 1 atom stereocenters. The van der Waals surface area contributed by atoms with E-state index in [1.54, 1.807) is 0 Å². The largest absolute Gasteiger partial charge is 0.282 e. The molecule has 2 aliphatic rings. The zero-order valence-electron chi connectivity index (χ0n) is 24.8. The fourth-order valence-corrected chi connectivity index (χ4v) is 5.70. The van der Waals surface area contributed by atoms with Gasteiger partial charge in [0.2, 0.25) is 0 Å². The second-order valence-corrected chi connectivity index (χ2v) is 11.5. The van der Waals surface area contributed by atoms with Gasteiger partial charge in [-0.15, -0.1) is 0 Å². The van der Waals surface area contributed by atoms with E-state index in [0.717, 1.165) is 57.5 Å². The summed E-state index contributed by atoms with van der Waals surface area (Å²) in [7, 11) is 0. The van der Waals surface area contributed by atoms with Gasteiger partial charge in [-0.1, -0.05) is 128 Å². The number of aliphatic imine (C=N–C) groups is 1. The van der Waals surface area contributed by atoms with Crippen molar-refractivity contribution in [3.05, 3.63) is 174 Å². The Morgan fingerprint density at radius 1 is 0.674 bits per heavy atom. The molecule has 1 unspecified atom stereocenters. The summed E-state index contributed by atoms with van der Waals surface area (Å²) in [4.78, 5) is 4.92. The quantitative estimate of drug-likeness (QED) is 0.181. The molecule has 0 heterocycles. The van der Waals surface area contributed by atoms with Gasteiger partial charge in [0.1, 0.15) is 0 Å². The molecular weight excluding hydrogens is 520 g/mol. The first kappa shape index (κ1) is 28.1. The lowest BCUT2D eigenvalue weighted by atomic mass is 9.76. The summed E-state index contributed by atoms with van der Waals surface area (Å²) < 4.78 is 0. The van der Waals surface area contributed by atoms with Gasteiger partial charge < -0.3 is 0 Å². The molecule has 1 N–H and O–H groups in total. The normalized spacial score (nSPS) is 17.9. The molecule has 2 heteroatoms. The lowest BCUT2D eigenvalue weighted by molar-refractivity contribution is 0.600. The van der Waals surface area contributed by atoms with Gasteiger partial charge in [0, 0.05) is 16.7 Å². The van der Waals surface area contributed by atoms with Crippen molar-refractivity contribution in [1.82, 2.24) is 0 Å². The fraction of sp³-hybridized carbons (Fsp3) is 0.122. The van der Waals surface area contributed by atoms with Crippen molar-refractivity contribution >= 4 is 17.1 Å². The highest BCUT2D eigenvalue weighted by molar-refractivity contribution is 6.11. The molecule has 0 amide bonds. The molecule has 210 valence electrons. The molecular formula is C41H36N2. The minimum Gasteiger partial charge on any atom is -0.282 e. The van der Waals surface area contributed by atoms with E-state index in [1.165, 1.54) is 11.1 Å². The van der Waals surface area contributed by atoms with Crippen LogP contribution in [-0.4, -0.2) is 11.5 Å². The zero-order chi connectivity index (χ0) is 29.6. The van der Waals surface area contributed by atoms with Crippen molar-refractivity contribution in [1.29, 1.82) is 5.41 Å². The molecule has 6 rings (SSSR count). The van der Waals surface area contributed by atoms with E-state index in [1.807, 2.05) is 19.1 Å². The second kappa shape index (κ2) is 12.4. The highest BCUT2D eigenvalue weighted by Crippen LogP contribution is 2.36. The van der Waals surface area contributed by atoms with Crippen LogP contribution in [0.25, 0.3) is 27.8 Å². The summed E-state index contributed by atoms with van der Waals surface area (Å²) in [6, 6.07) is 34.0. The highest BCUT2D eigenvalue weighted by atomic mass is 14.8. The maximum atomic E-state index is 9.17. The van der Waals surface area contributed by atoms with E-state index in [9.17, 15) is 0 Å². The third-order valence-electron chi connectivity index (χ3n) is 8.28. The molecule has 0 spiro atoms. The number of benzene rings is 4. The molecule has 0 aromatic heterocycles. The first-order valence-corrected chi connectivity index (χ1v) is 14.9. The Balaban J connectivity index is 1.43. The standard InChI is InChI=1S/C41H36N2/c1-30(34-24-37(33-20-12-6-13-21-33)29-39(28-34)41(2)22-14-7-15-23-41)43-40(42)38-26-35(31-16-8-3-4-9-17-31)25-36(27-38)32-18-10-5-11-19-32/h3,5-22,24-29,42H,4,23H2,1-2H3.